The number of sulfonamides is 1. The molecule has 110 valence electrons. The van der Waals surface area contributed by atoms with Crippen molar-refractivity contribution < 1.29 is 8.42 Å². The Morgan fingerprint density at radius 2 is 2.00 bits per heavy atom. The summed E-state index contributed by atoms with van der Waals surface area (Å²) in [4.78, 5) is 2.98. The van der Waals surface area contributed by atoms with Crippen LogP contribution in [0.25, 0.3) is 0 Å². The minimum atomic E-state index is -3.35. The van der Waals surface area contributed by atoms with Crippen molar-refractivity contribution in [3.05, 3.63) is 17.0 Å². The zero-order valence-corrected chi connectivity index (χ0v) is 13.4. The predicted octanol–water partition coefficient (Wildman–Crippen LogP) is 1.09. The summed E-state index contributed by atoms with van der Waals surface area (Å²) in [7, 11) is 0.476. The van der Waals surface area contributed by atoms with E-state index < -0.39 is 10.0 Å². The highest BCUT2D eigenvalue weighted by Crippen LogP contribution is 2.21. The van der Waals surface area contributed by atoms with Gasteiger partial charge in [0.1, 0.15) is 4.21 Å². The summed E-state index contributed by atoms with van der Waals surface area (Å²) in [5, 5.41) is 3.26. The second-order valence-corrected chi connectivity index (χ2v) is 7.76. The Morgan fingerprint density at radius 1 is 1.26 bits per heavy atom. The highest BCUT2D eigenvalue weighted by molar-refractivity contribution is 7.91. The Morgan fingerprint density at radius 3 is 2.63 bits per heavy atom. The van der Waals surface area contributed by atoms with Gasteiger partial charge in [0.2, 0.25) is 10.0 Å². The first-order valence-corrected chi connectivity index (χ1v) is 8.69. The molecule has 5 nitrogen and oxygen atoms in total. The highest BCUT2D eigenvalue weighted by atomic mass is 32.2. The van der Waals surface area contributed by atoms with Gasteiger partial charge in [-0.1, -0.05) is 6.92 Å². The van der Waals surface area contributed by atoms with Crippen molar-refractivity contribution in [1.29, 1.82) is 0 Å². The van der Waals surface area contributed by atoms with Gasteiger partial charge in [-0.25, -0.2) is 13.1 Å². The van der Waals surface area contributed by atoms with E-state index in [0.29, 0.717) is 17.3 Å². The normalized spacial score (nSPS) is 12.2. The van der Waals surface area contributed by atoms with Gasteiger partial charge < -0.3 is 10.2 Å². The third-order valence-electron chi connectivity index (χ3n) is 2.48. The van der Waals surface area contributed by atoms with Crippen molar-refractivity contribution in [1.82, 2.24) is 14.9 Å². The van der Waals surface area contributed by atoms with Crippen molar-refractivity contribution in [2.45, 2.75) is 24.1 Å². The van der Waals surface area contributed by atoms with Crippen LogP contribution in [0.15, 0.2) is 16.3 Å². The van der Waals surface area contributed by atoms with Crippen molar-refractivity contribution in [2.24, 2.45) is 0 Å². The van der Waals surface area contributed by atoms with Gasteiger partial charge in [0.25, 0.3) is 0 Å². The van der Waals surface area contributed by atoms with E-state index in [9.17, 15) is 8.42 Å². The number of rotatable bonds is 9. The molecule has 1 rings (SSSR count). The average molecular weight is 305 g/mol. The van der Waals surface area contributed by atoms with E-state index in [1.807, 2.05) is 25.1 Å². The van der Waals surface area contributed by atoms with E-state index in [1.165, 1.54) is 11.3 Å². The van der Waals surface area contributed by atoms with Crippen LogP contribution >= 0.6 is 11.3 Å². The van der Waals surface area contributed by atoms with Gasteiger partial charge in [0.05, 0.1) is 0 Å². The summed E-state index contributed by atoms with van der Waals surface area (Å²) >= 11 is 1.32. The van der Waals surface area contributed by atoms with Crippen LogP contribution in [0.4, 0.5) is 0 Å². The monoisotopic (exact) mass is 305 g/mol. The number of nitrogens with one attached hydrogen (secondary N) is 2. The molecule has 0 unspecified atom stereocenters. The molecule has 0 fully saturated rings. The molecule has 0 bridgehead atoms. The topological polar surface area (TPSA) is 61.4 Å². The molecule has 0 spiro atoms. The SMILES string of the molecule is CCCNCc1ccc(S(=O)(=O)NCCN(C)C)s1. The number of hydrogen-bond donors (Lipinski definition) is 2. The summed E-state index contributed by atoms with van der Waals surface area (Å²) < 4.78 is 27.0. The maximum Gasteiger partial charge on any atom is 0.250 e. The molecule has 19 heavy (non-hydrogen) atoms. The van der Waals surface area contributed by atoms with E-state index in [4.69, 9.17) is 0 Å². The third-order valence-corrected chi connectivity index (χ3v) is 5.52. The molecule has 0 aliphatic rings. The molecular formula is C12H23N3O2S2. The van der Waals surface area contributed by atoms with Crippen LogP contribution in [0.2, 0.25) is 0 Å². The molecule has 7 heteroatoms. The maximum absolute atomic E-state index is 12.0. The van der Waals surface area contributed by atoms with Crippen molar-refractivity contribution in [2.75, 3.05) is 33.7 Å². The van der Waals surface area contributed by atoms with E-state index in [1.54, 1.807) is 6.07 Å². The second-order valence-electron chi connectivity index (χ2n) is 4.60. The molecular weight excluding hydrogens is 282 g/mol. The zero-order valence-electron chi connectivity index (χ0n) is 11.8. The largest absolute Gasteiger partial charge is 0.312 e. The molecule has 0 radical (unpaired) electrons. The highest BCUT2D eigenvalue weighted by Gasteiger charge is 2.16. The fourth-order valence-corrected chi connectivity index (χ4v) is 3.85. The fourth-order valence-electron chi connectivity index (χ4n) is 1.46. The molecule has 1 aromatic rings. The smallest absolute Gasteiger partial charge is 0.250 e. The van der Waals surface area contributed by atoms with Gasteiger partial charge >= 0.3 is 0 Å². The summed E-state index contributed by atoms with van der Waals surface area (Å²) in [6, 6.07) is 3.54. The first-order valence-electron chi connectivity index (χ1n) is 6.39. The second kappa shape index (κ2) is 7.96. The lowest BCUT2D eigenvalue weighted by Crippen LogP contribution is -2.30. The number of thiophene rings is 1. The number of hydrogen-bond acceptors (Lipinski definition) is 5. The Hall–Kier alpha value is -0.470. The van der Waals surface area contributed by atoms with Crippen molar-refractivity contribution >= 4 is 21.4 Å². The van der Waals surface area contributed by atoms with Gasteiger partial charge in [0.15, 0.2) is 0 Å². The van der Waals surface area contributed by atoms with Gasteiger partial charge in [0, 0.05) is 24.5 Å². The minimum Gasteiger partial charge on any atom is -0.312 e. The standard InChI is InChI=1S/C12H23N3O2S2/c1-4-7-13-10-11-5-6-12(18-11)19(16,17)14-8-9-15(2)3/h5-6,13-14H,4,7-10H2,1-3H3. The first kappa shape index (κ1) is 16.6. The van der Waals surface area contributed by atoms with Crippen LogP contribution in [0.5, 0.6) is 0 Å². The number of likely N-dealkylation sites (N-methyl/N-ethyl adjacent to an activating group) is 1. The summed E-state index contributed by atoms with van der Waals surface area (Å²) in [5.74, 6) is 0. The molecule has 2 N–H and O–H groups in total. The van der Waals surface area contributed by atoms with Crippen LogP contribution in [0.3, 0.4) is 0 Å². The van der Waals surface area contributed by atoms with Crippen molar-refractivity contribution in [3.8, 4) is 0 Å². The van der Waals surface area contributed by atoms with E-state index >= 15 is 0 Å². The van der Waals surface area contributed by atoms with Gasteiger partial charge in [-0.15, -0.1) is 11.3 Å². The maximum atomic E-state index is 12.0. The third kappa shape index (κ3) is 6.01. The lowest BCUT2D eigenvalue weighted by Gasteiger charge is -2.09. The Balaban J connectivity index is 2.53. The first-order chi connectivity index (χ1) is 8.95. The molecule has 0 saturated carbocycles. The molecule has 0 saturated heterocycles. The molecule has 0 atom stereocenters. The van der Waals surface area contributed by atoms with Crippen LogP contribution in [0.1, 0.15) is 18.2 Å². The van der Waals surface area contributed by atoms with Crippen LogP contribution in [-0.2, 0) is 16.6 Å². The molecule has 1 aromatic heterocycles. The lowest BCUT2D eigenvalue weighted by molar-refractivity contribution is 0.412. The van der Waals surface area contributed by atoms with Crippen molar-refractivity contribution in [3.63, 3.8) is 0 Å². The summed E-state index contributed by atoms with van der Waals surface area (Å²) in [6.45, 7) is 4.89. The van der Waals surface area contributed by atoms with Crippen LogP contribution < -0.4 is 10.0 Å². The Bertz CT molecular complexity index is 469. The molecule has 1 heterocycles. The summed E-state index contributed by atoms with van der Waals surface area (Å²) in [6.07, 6.45) is 1.07. The van der Waals surface area contributed by atoms with E-state index in [2.05, 4.69) is 17.0 Å². The fraction of sp³-hybridized carbons (Fsp3) is 0.667. The Labute approximate surface area is 120 Å². The van der Waals surface area contributed by atoms with Gasteiger partial charge in [-0.3, -0.25) is 0 Å². The van der Waals surface area contributed by atoms with Crippen LogP contribution in [-0.4, -0.2) is 47.0 Å². The molecule has 0 aliphatic heterocycles. The van der Waals surface area contributed by atoms with Gasteiger partial charge in [-0.05, 0) is 39.2 Å². The van der Waals surface area contributed by atoms with Gasteiger partial charge in [-0.2, -0.15) is 0 Å². The quantitative estimate of drug-likeness (QED) is 0.671. The average Bonchev–Trinajstić information content (AvgIpc) is 2.78. The van der Waals surface area contributed by atoms with Crippen LogP contribution in [0, 0.1) is 0 Å². The Kier molecular flexibility index (Phi) is 6.95. The lowest BCUT2D eigenvalue weighted by atomic mass is 10.4. The minimum absolute atomic E-state index is 0.388. The molecule has 0 amide bonds. The van der Waals surface area contributed by atoms with E-state index in [0.717, 1.165) is 24.4 Å². The molecule has 0 aliphatic carbocycles. The summed E-state index contributed by atoms with van der Waals surface area (Å²) in [5.41, 5.74) is 0. The number of nitrogens with zero attached hydrogens (tertiary/aromatic N) is 1. The predicted molar refractivity (Wildman–Crippen MR) is 80.1 cm³/mol. The van der Waals surface area contributed by atoms with E-state index in [-0.39, 0.29) is 0 Å². The zero-order chi connectivity index (χ0) is 14.3. The molecule has 0 aromatic carbocycles.